The van der Waals surface area contributed by atoms with Gasteiger partial charge in [0.25, 0.3) is 0 Å². The average Bonchev–Trinajstić information content (AvgIpc) is 2.79. The van der Waals surface area contributed by atoms with Gasteiger partial charge >= 0.3 is 0 Å². The van der Waals surface area contributed by atoms with E-state index in [1.54, 1.807) is 7.11 Å². The predicted octanol–water partition coefficient (Wildman–Crippen LogP) is 4.13. The molecule has 0 aromatic heterocycles. The van der Waals surface area contributed by atoms with E-state index in [0.717, 1.165) is 23.3 Å². The topological polar surface area (TPSA) is 21.3 Å². The number of hydrogen-bond acceptors (Lipinski definition) is 2. The molecule has 0 saturated heterocycles. The van der Waals surface area contributed by atoms with Crippen molar-refractivity contribution in [3.05, 3.63) is 28.2 Å². The molecule has 1 saturated carbocycles. The van der Waals surface area contributed by atoms with Gasteiger partial charge in [-0.1, -0.05) is 35.7 Å². The molecule has 1 aromatic rings. The smallest absolute Gasteiger partial charge is 0.119 e. The maximum Gasteiger partial charge on any atom is 0.119 e. The van der Waals surface area contributed by atoms with Gasteiger partial charge in [-0.2, -0.15) is 0 Å². The van der Waals surface area contributed by atoms with E-state index >= 15 is 0 Å². The number of benzene rings is 1. The molecule has 1 aromatic carbocycles. The highest BCUT2D eigenvalue weighted by atomic mass is 79.9. The first kappa shape index (κ1) is 13.9. The van der Waals surface area contributed by atoms with E-state index in [9.17, 15) is 0 Å². The van der Waals surface area contributed by atoms with Crippen molar-refractivity contribution in [2.24, 2.45) is 5.41 Å². The van der Waals surface area contributed by atoms with Gasteiger partial charge in [-0.15, -0.1) is 0 Å². The zero-order valence-corrected chi connectivity index (χ0v) is 12.8. The second-order valence-corrected chi connectivity index (χ2v) is 6.43. The summed E-state index contributed by atoms with van der Waals surface area (Å²) in [5.41, 5.74) is 1.77. The van der Waals surface area contributed by atoms with Gasteiger partial charge in [-0.25, -0.2) is 0 Å². The summed E-state index contributed by atoms with van der Waals surface area (Å²) in [5, 5.41) is 3.59. The predicted molar refractivity (Wildman–Crippen MR) is 79.0 cm³/mol. The van der Waals surface area contributed by atoms with Crippen LogP contribution in [0.4, 0.5) is 0 Å². The molecule has 1 aliphatic carbocycles. The van der Waals surface area contributed by atoms with Crippen LogP contribution in [0.15, 0.2) is 22.7 Å². The normalized spacial score (nSPS) is 17.9. The maximum atomic E-state index is 5.26. The fourth-order valence-corrected chi connectivity index (χ4v) is 3.10. The molecular weight excluding hydrogens is 290 g/mol. The van der Waals surface area contributed by atoms with E-state index < -0.39 is 0 Å². The molecule has 1 fully saturated rings. The lowest BCUT2D eigenvalue weighted by Gasteiger charge is -2.24. The van der Waals surface area contributed by atoms with Crippen molar-refractivity contribution < 1.29 is 4.74 Å². The quantitative estimate of drug-likeness (QED) is 0.883. The zero-order valence-electron chi connectivity index (χ0n) is 11.3. The van der Waals surface area contributed by atoms with Crippen LogP contribution in [0.2, 0.25) is 0 Å². The van der Waals surface area contributed by atoms with Crippen molar-refractivity contribution in [1.29, 1.82) is 0 Å². The van der Waals surface area contributed by atoms with Crippen molar-refractivity contribution >= 4 is 15.9 Å². The first-order valence-corrected chi connectivity index (χ1v) is 7.45. The molecule has 0 atom stereocenters. The highest BCUT2D eigenvalue weighted by Crippen LogP contribution is 2.36. The molecule has 0 aliphatic heterocycles. The van der Waals surface area contributed by atoms with Gasteiger partial charge in [-0.3, -0.25) is 0 Å². The van der Waals surface area contributed by atoms with Gasteiger partial charge < -0.3 is 10.1 Å². The van der Waals surface area contributed by atoms with Gasteiger partial charge in [0.1, 0.15) is 5.75 Å². The Bertz CT molecular complexity index is 399. The van der Waals surface area contributed by atoms with E-state index in [1.165, 1.54) is 31.2 Å². The van der Waals surface area contributed by atoms with E-state index in [-0.39, 0.29) is 0 Å². The molecule has 1 aliphatic rings. The number of nitrogens with one attached hydrogen (secondary N) is 1. The highest BCUT2D eigenvalue weighted by molar-refractivity contribution is 9.10. The Morgan fingerprint density at radius 2 is 2.06 bits per heavy atom. The molecule has 0 amide bonds. The molecule has 3 heteroatoms. The Hall–Kier alpha value is -0.540. The molecular formula is C15H22BrNO. The molecule has 1 N–H and O–H groups in total. The number of rotatable bonds is 5. The maximum absolute atomic E-state index is 5.26. The first-order valence-electron chi connectivity index (χ1n) is 6.66. The van der Waals surface area contributed by atoms with Crippen molar-refractivity contribution in [2.75, 3.05) is 13.7 Å². The van der Waals surface area contributed by atoms with Gasteiger partial charge in [-0.05, 0) is 42.0 Å². The fourth-order valence-electron chi connectivity index (χ4n) is 2.72. The van der Waals surface area contributed by atoms with E-state index in [4.69, 9.17) is 4.74 Å². The van der Waals surface area contributed by atoms with E-state index in [2.05, 4.69) is 34.2 Å². The second-order valence-electron chi connectivity index (χ2n) is 5.58. The Kier molecular flexibility index (Phi) is 4.68. The van der Waals surface area contributed by atoms with Crippen molar-refractivity contribution in [3.63, 3.8) is 0 Å². The van der Waals surface area contributed by atoms with Crippen molar-refractivity contribution in [2.45, 2.75) is 39.2 Å². The van der Waals surface area contributed by atoms with E-state index in [1.807, 2.05) is 12.1 Å². The minimum Gasteiger partial charge on any atom is -0.497 e. The highest BCUT2D eigenvalue weighted by Gasteiger charge is 2.27. The van der Waals surface area contributed by atoms with Crippen molar-refractivity contribution in [1.82, 2.24) is 5.32 Å². The van der Waals surface area contributed by atoms with Crippen LogP contribution in [0.5, 0.6) is 5.75 Å². The Balaban J connectivity index is 1.89. The average molecular weight is 312 g/mol. The summed E-state index contributed by atoms with van der Waals surface area (Å²) in [4.78, 5) is 0. The summed E-state index contributed by atoms with van der Waals surface area (Å²) in [6.07, 6.45) is 5.50. The summed E-state index contributed by atoms with van der Waals surface area (Å²) in [5.74, 6) is 0.919. The molecule has 0 radical (unpaired) electrons. The van der Waals surface area contributed by atoms with Gasteiger partial charge in [0, 0.05) is 17.6 Å². The van der Waals surface area contributed by atoms with Crippen LogP contribution < -0.4 is 10.1 Å². The summed E-state index contributed by atoms with van der Waals surface area (Å²) in [6.45, 7) is 4.40. The summed E-state index contributed by atoms with van der Waals surface area (Å²) < 4.78 is 6.41. The molecule has 0 bridgehead atoms. The van der Waals surface area contributed by atoms with Crippen LogP contribution >= 0.6 is 15.9 Å². The monoisotopic (exact) mass is 311 g/mol. The zero-order chi connectivity index (χ0) is 13.0. The number of hydrogen-bond donors (Lipinski definition) is 1. The molecule has 18 heavy (non-hydrogen) atoms. The standard InChI is InChI=1S/C15H22BrNO/c1-15(7-3-4-8-15)11-17-10-12-9-13(18-2)5-6-14(12)16/h5-6,9,17H,3-4,7-8,10-11H2,1-2H3. The molecule has 2 rings (SSSR count). The van der Waals surface area contributed by atoms with Crippen molar-refractivity contribution in [3.8, 4) is 5.75 Å². The fraction of sp³-hybridized carbons (Fsp3) is 0.600. The molecule has 0 heterocycles. The molecule has 100 valence electrons. The number of halogens is 1. The van der Waals surface area contributed by atoms with Crippen LogP contribution in [-0.4, -0.2) is 13.7 Å². The van der Waals surface area contributed by atoms with Gasteiger partial charge in [0.05, 0.1) is 7.11 Å². The molecule has 0 spiro atoms. The number of ether oxygens (including phenoxy) is 1. The third-order valence-corrected chi connectivity index (χ3v) is 4.70. The van der Waals surface area contributed by atoms with Crippen LogP contribution in [0.3, 0.4) is 0 Å². The Morgan fingerprint density at radius 3 is 2.72 bits per heavy atom. The first-order chi connectivity index (χ1) is 8.63. The minimum atomic E-state index is 0.505. The van der Waals surface area contributed by atoms with Gasteiger partial charge in [0.2, 0.25) is 0 Å². The SMILES string of the molecule is COc1ccc(Br)c(CNCC2(C)CCCC2)c1. The number of methoxy groups -OCH3 is 1. The molecule has 2 nitrogen and oxygen atoms in total. The van der Waals surface area contributed by atoms with Crippen LogP contribution in [0.1, 0.15) is 38.2 Å². The van der Waals surface area contributed by atoms with Gasteiger partial charge in [0.15, 0.2) is 0 Å². The lowest BCUT2D eigenvalue weighted by Crippen LogP contribution is -2.29. The Morgan fingerprint density at radius 1 is 1.33 bits per heavy atom. The third-order valence-electron chi connectivity index (χ3n) is 3.93. The van der Waals surface area contributed by atoms with Crippen LogP contribution in [-0.2, 0) is 6.54 Å². The summed E-state index contributed by atoms with van der Waals surface area (Å²) in [7, 11) is 1.71. The van der Waals surface area contributed by atoms with E-state index in [0.29, 0.717) is 5.41 Å². The minimum absolute atomic E-state index is 0.505. The summed E-state index contributed by atoms with van der Waals surface area (Å²) in [6, 6.07) is 6.12. The Labute approximate surface area is 118 Å². The lowest BCUT2D eigenvalue weighted by atomic mass is 9.89. The lowest BCUT2D eigenvalue weighted by molar-refractivity contribution is 0.314. The molecule has 0 unspecified atom stereocenters. The largest absolute Gasteiger partial charge is 0.497 e. The second kappa shape index (κ2) is 6.07. The third kappa shape index (κ3) is 3.48. The summed E-state index contributed by atoms with van der Waals surface area (Å²) >= 11 is 3.59. The van der Waals surface area contributed by atoms with Crippen LogP contribution in [0.25, 0.3) is 0 Å². The van der Waals surface area contributed by atoms with Crippen LogP contribution in [0, 0.1) is 5.41 Å².